The summed E-state index contributed by atoms with van der Waals surface area (Å²) in [5.74, 6) is -0.184. The van der Waals surface area contributed by atoms with Gasteiger partial charge in [0.2, 0.25) is 0 Å². The second-order valence-corrected chi connectivity index (χ2v) is 5.27. The Morgan fingerprint density at radius 3 is 2.83 bits per heavy atom. The van der Waals surface area contributed by atoms with E-state index in [2.05, 4.69) is 15.4 Å². The number of nitrogens with zero attached hydrogens (tertiary/aromatic N) is 3. The van der Waals surface area contributed by atoms with Crippen LogP contribution in [0.25, 0.3) is 5.65 Å². The Hall–Kier alpha value is -2.73. The van der Waals surface area contributed by atoms with E-state index in [0.29, 0.717) is 24.5 Å². The maximum Gasteiger partial charge on any atom is 0.270 e. The molecule has 0 atom stereocenters. The predicted molar refractivity (Wildman–Crippen MR) is 86.0 cm³/mol. The molecule has 0 saturated heterocycles. The van der Waals surface area contributed by atoms with Crippen molar-refractivity contribution in [3.8, 4) is 0 Å². The molecule has 0 saturated carbocycles. The van der Waals surface area contributed by atoms with Crippen LogP contribution in [0.15, 0.2) is 42.6 Å². The molecule has 0 bridgehead atoms. The first-order valence-electron chi connectivity index (χ1n) is 7.34. The Balaban J connectivity index is 1.81. The number of aryl methyl sites for hydroxylation is 1. The first-order valence-corrected chi connectivity index (χ1v) is 7.34. The van der Waals surface area contributed by atoms with Gasteiger partial charge in [-0.2, -0.15) is 5.10 Å². The molecule has 0 fully saturated rings. The largest absolute Gasteiger partial charge is 0.380 e. The van der Waals surface area contributed by atoms with Crippen LogP contribution in [0.4, 0.5) is 0 Å². The summed E-state index contributed by atoms with van der Waals surface area (Å²) in [7, 11) is 1.66. The lowest BCUT2D eigenvalue weighted by molar-refractivity contribution is 0.0942. The summed E-state index contributed by atoms with van der Waals surface area (Å²) in [5, 5.41) is 7.10. The summed E-state index contributed by atoms with van der Waals surface area (Å²) in [6, 6.07) is 11.4. The van der Waals surface area contributed by atoms with Gasteiger partial charge in [0, 0.05) is 25.4 Å². The third-order valence-corrected chi connectivity index (χ3v) is 3.58. The molecule has 3 rings (SSSR count). The van der Waals surface area contributed by atoms with E-state index in [1.54, 1.807) is 30.0 Å². The van der Waals surface area contributed by atoms with Gasteiger partial charge in [0.05, 0.1) is 12.8 Å². The molecule has 23 heavy (non-hydrogen) atoms. The van der Waals surface area contributed by atoms with Crippen LogP contribution in [0.5, 0.6) is 0 Å². The van der Waals surface area contributed by atoms with Crippen LogP contribution in [0.3, 0.4) is 0 Å². The van der Waals surface area contributed by atoms with E-state index >= 15 is 0 Å². The number of fused-ring (bicyclic) bond motifs is 1. The summed E-state index contributed by atoms with van der Waals surface area (Å²) in [6.07, 6.45) is 1.63. The number of nitrogens with one attached hydrogen (secondary N) is 1. The van der Waals surface area contributed by atoms with Gasteiger partial charge in [0.15, 0.2) is 5.65 Å². The number of hydrogen-bond acceptors (Lipinski definition) is 4. The number of amides is 1. The quantitative estimate of drug-likeness (QED) is 0.784. The smallest absolute Gasteiger partial charge is 0.270 e. The lowest BCUT2D eigenvalue weighted by Crippen LogP contribution is -2.26. The van der Waals surface area contributed by atoms with E-state index in [4.69, 9.17) is 4.74 Å². The van der Waals surface area contributed by atoms with Crippen LogP contribution in [0.1, 0.15) is 27.3 Å². The van der Waals surface area contributed by atoms with Gasteiger partial charge in [-0.25, -0.2) is 9.50 Å². The van der Waals surface area contributed by atoms with Crippen LogP contribution in [0.2, 0.25) is 0 Å². The predicted octanol–water partition coefficient (Wildman–Crippen LogP) is 2.11. The summed E-state index contributed by atoms with van der Waals surface area (Å²) in [5.41, 5.74) is 4.01. The van der Waals surface area contributed by atoms with Gasteiger partial charge < -0.3 is 10.1 Å². The Labute approximate surface area is 134 Å². The lowest BCUT2D eigenvalue weighted by Gasteiger charge is -2.11. The van der Waals surface area contributed by atoms with E-state index in [0.717, 1.165) is 16.8 Å². The zero-order valence-corrected chi connectivity index (χ0v) is 13.1. The molecule has 2 heterocycles. The summed E-state index contributed by atoms with van der Waals surface area (Å²) < 4.78 is 6.73. The third-order valence-electron chi connectivity index (χ3n) is 3.58. The highest BCUT2D eigenvalue weighted by molar-refractivity contribution is 5.93. The van der Waals surface area contributed by atoms with Crippen molar-refractivity contribution < 1.29 is 9.53 Å². The van der Waals surface area contributed by atoms with Crippen molar-refractivity contribution in [3.05, 3.63) is 65.1 Å². The minimum absolute atomic E-state index is 0.184. The molecule has 6 nitrogen and oxygen atoms in total. The number of rotatable bonds is 5. The molecule has 6 heteroatoms. The minimum Gasteiger partial charge on any atom is -0.380 e. The van der Waals surface area contributed by atoms with Gasteiger partial charge in [-0.3, -0.25) is 4.79 Å². The van der Waals surface area contributed by atoms with Crippen molar-refractivity contribution in [2.75, 3.05) is 7.11 Å². The molecule has 1 N–H and O–H groups in total. The zero-order valence-electron chi connectivity index (χ0n) is 13.1. The van der Waals surface area contributed by atoms with Gasteiger partial charge in [0.1, 0.15) is 5.69 Å². The molecule has 0 aliphatic heterocycles. The van der Waals surface area contributed by atoms with Crippen LogP contribution in [-0.4, -0.2) is 27.6 Å². The van der Waals surface area contributed by atoms with E-state index in [-0.39, 0.29) is 5.91 Å². The Bertz CT molecular complexity index is 841. The third kappa shape index (κ3) is 3.22. The summed E-state index contributed by atoms with van der Waals surface area (Å²) >= 11 is 0. The molecule has 0 spiro atoms. The highest BCUT2D eigenvalue weighted by atomic mass is 16.5. The molecule has 1 amide bonds. The summed E-state index contributed by atoms with van der Waals surface area (Å²) in [6.45, 7) is 2.81. The second kappa shape index (κ2) is 6.58. The second-order valence-electron chi connectivity index (χ2n) is 5.27. The van der Waals surface area contributed by atoms with Gasteiger partial charge in [-0.1, -0.05) is 24.3 Å². The highest BCUT2D eigenvalue weighted by Crippen LogP contribution is 2.11. The molecule has 0 aliphatic rings. The highest BCUT2D eigenvalue weighted by Gasteiger charge is 2.13. The fourth-order valence-electron chi connectivity index (χ4n) is 2.49. The molecule has 3 aromatic rings. The van der Waals surface area contributed by atoms with E-state index in [1.165, 1.54) is 0 Å². The SMILES string of the molecule is COCc1ccccc1CNC(=O)c1cc(C)nc2ccnn12. The average molecular weight is 310 g/mol. The molecule has 0 unspecified atom stereocenters. The van der Waals surface area contributed by atoms with Crippen molar-refractivity contribution in [3.63, 3.8) is 0 Å². The molecular weight excluding hydrogens is 292 g/mol. The maximum atomic E-state index is 12.5. The topological polar surface area (TPSA) is 68.5 Å². The van der Waals surface area contributed by atoms with E-state index < -0.39 is 0 Å². The first kappa shape index (κ1) is 15.2. The van der Waals surface area contributed by atoms with Gasteiger partial charge in [-0.05, 0) is 24.1 Å². The molecule has 0 aliphatic carbocycles. The van der Waals surface area contributed by atoms with Crippen molar-refractivity contribution in [2.24, 2.45) is 0 Å². The summed E-state index contributed by atoms with van der Waals surface area (Å²) in [4.78, 5) is 16.9. The number of ether oxygens (including phenoxy) is 1. The number of hydrogen-bond donors (Lipinski definition) is 1. The van der Waals surface area contributed by atoms with E-state index in [1.807, 2.05) is 31.2 Å². The monoisotopic (exact) mass is 310 g/mol. The molecule has 0 radical (unpaired) electrons. The lowest BCUT2D eigenvalue weighted by atomic mass is 10.1. The number of carbonyl (C=O) groups excluding carboxylic acids is 1. The fraction of sp³-hybridized carbons (Fsp3) is 0.235. The maximum absolute atomic E-state index is 12.5. The van der Waals surface area contributed by atoms with Gasteiger partial charge in [0.25, 0.3) is 5.91 Å². The number of methoxy groups -OCH3 is 1. The number of benzene rings is 1. The van der Waals surface area contributed by atoms with Gasteiger partial charge >= 0.3 is 0 Å². The minimum atomic E-state index is -0.184. The fourth-order valence-corrected chi connectivity index (χ4v) is 2.49. The van der Waals surface area contributed by atoms with Crippen molar-refractivity contribution in [1.82, 2.24) is 19.9 Å². The Morgan fingerprint density at radius 2 is 2.04 bits per heavy atom. The van der Waals surface area contributed by atoms with Crippen molar-refractivity contribution in [2.45, 2.75) is 20.1 Å². The zero-order chi connectivity index (χ0) is 16.2. The van der Waals surface area contributed by atoms with Crippen LogP contribution in [0, 0.1) is 6.92 Å². The average Bonchev–Trinajstić information content (AvgIpc) is 3.01. The molecular formula is C17H18N4O2. The standard InChI is InChI=1S/C17H18N4O2/c1-12-9-15(21-16(20-12)7-8-19-21)17(22)18-10-13-5-3-4-6-14(13)11-23-2/h3-9H,10-11H2,1-2H3,(H,18,22). The van der Waals surface area contributed by atoms with Crippen LogP contribution < -0.4 is 5.32 Å². The number of carbonyl (C=O) groups is 1. The molecule has 1 aromatic carbocycles. The van der Waals surface area contributed by atoms with Gasteiger partial charge in [-0.15, -0.1) is 0 Å². The molecule has 118 valence electrons. The Kier molecular flexibility index (Phi) is 4.34. The molecule has 2 aromatic heterocycles. The normalized spacial score (nSPS) is 10.9. The first-order chi connectivity index (χ1) is 11.2. The van der Waals surface area contributed by atoms with E-state index in [9.17, 15) is 4.79 Å². The van der Waals surface area contributed by atoms with Crippen molar-refractivity contribution in [1.29, 1.82) is 0 Å². The van der Waals surface area contributed by atoms with Crippen molar-refractivity contribution >= 4 is 11.6 Å². The van der Waals surface area contributed by atoms with Crippen LogP contribution in [-0.2, 0) is 17.9 Å². The van der Waals surface area contributed by atoms with Crippen LogP contribution >= 0.6 is 0 Å². The number of aromatic nitrogens is 3. The Morgan fingerprint density at radius 1 is 1.26 bits per heavy atom.